The Kier molecular flexibility index (Phi) is 4.05. The first-order valence-electron chi connectivity index (χ1n) is 6.76. The molecule has 0 saturated carbocycles. The zero-order valence-electron chi connectivity index (χ0n) is 11.0. The fourth-order valence-electron chi connectivity index (χ4n) is 2.82. The molecule has 0 spiro atoms. The van der Waals surface area contributed by atoms with Gasteiger partial charge in [0.1, 0.15) is 6.10 Å². The minimum Gasteiger partial charge on any atom is -0.368 e. The van der Waals surface area contributed by atoms with Crippen LogP contribution in [0.2, 0.25) is 0 Å². The van der Waals surface area contributed by atoms with Gasteiger partial charge in [-0.3, -0.25) is 4.79 Å². The Morgan fingerprint density at radius 1 is 1.24 bits per heavy atom. The Hall–Kier alpha value is -0.610. The van der Waals surface area contributed by atoms with Crippen LogP contribution in [0.4, 0.5) is 0 Å². The highest BCUT2D eigenvalue weighted by atomic mass is 16.5. The maximum absolute atomic E-state index is 12.1. The third-order valence-electron chi connectivity index (χ3n) is 4.04. The molecule has 1 amide bonds. The van der Waals surface area contributed by atoms with Crippen molar-refractivity contribution in [1.82, 2.24) is 10.6 Å². The summed E-state index contributed by atoms with van der Waals surface area (Å²) in [5.41, 5.74) is 0. The topological polar surface area (TPSA) is 50.4 Å². The van der Waals surface area contributed by atoms with Gasteiger partial charge in [-0.1, -0.05) is 6.92 Å². The number of hydrogen-bond donors (Lipinski definition) is 2. The lowest BCUT2D eigenvalue weighted by Crippen LogP contribution is -2.56. The molecule has 98 valence electrons. The second-order valence-corrected chi connectivity index (χ2v) is 5.61. The Morgan fingerprint density at radius 2 is 2.00 bits per heavy atom. The van der Waals surface area contributed by atoms with Crippen LogP contribution in [-0.4, -0.2) is 36.7 Å². The Morgan fingerprint density at radius 3 is 2.59 bits per heavy atom. The highest BCUT2D eigenvalue weighted by Gasteiger charge is 2.34. The van der Waals surface area contributed by atoms with Gasteiger partial charge in [-0.2, -0.15) is 0 Å². The van der Waals surface area contributed by atoms with Gasteiger partial charge in [-0.25, -0.2) is 0 Å². The van der Waals surface area contributed by atoms with Crippen molar-refractivity contribution in [2.45, 2.75) is 64.3 Å². The predicted octanol–water partition coefficient (Wildman–Crippen LogP) is 1.06. The number of hydrogen-bond acceptors (Lipinski definition) is 3. The van der Waals surface area contributed by atoms with Crippen molar-refractivity contribution in [3.8, 4) is 0 Å². The molecule has 0 aliphatic carbocycles. The molecule has 2 aliphatic heterocycles. The summed E-state index contributed by atoms with van der Waals surface area (Å²) >= 11 is 0. The zero-order valence-corrected chi connectivity index (χ0v) is 11.0. The van der Waals surface area contributed by atoms with E-state index in [2.05, 4.69) is 31.4 Å². The minimum absolute atomic E-state index is 0.0724. The number of rotatable bonds is 2. The summed E-state index contributed by atoms with van der Waals surface area (Å²) in [4.78, 5) is 12.1. The standard InChI is InChI=1S/C13H24N2O2/c1-8-6-7-17-12(8)13(16)15-11-5-4-9(2)14-10(11)3/h8-12,14H,4-7H2,1-3H3,(H,15,16). The molecule has 0 aromatic heterocycles. The van der Waals surface area contributed by atoms with Crippen LogP contribution in [0.3, 0.4) is 0 Å². The van der Waals surface area contributed by atoms with Gasteiger partial charge in [0.15, 0.2) is 0 Å². The average Bonchev–Trinajstić information content (AvgIpc) is 2.68. The Labute approximate surface area is 103 Å². The quantitative estimate of drug-likeness (QED) is 0.759. The third-order valence-corrected chi connectivity index (χ3v) is 4.04. The first-order chi connectivity index (χ1) is 8.08. The van der Waals surface area contributed by atoms with Gasteiger partial charge in [0, 0.05) is 24.7 Å². The highest BCUT2D eigenvalue weighted by molar-refractivity contribution is 5.81. The van der Waals surface area contributed by atoms with Gasteiger partial charge in [0.25, 0.3) is 0 Å². The van der Waals surface area contributed by atoms with E-state index in [1.807, 2.05) is 0 Å². The van der Waals surface area contributed by atoms with Gasteiger partial charge in [0.05, 0.1) is 0 Å². The van der Waals surface area contributed by atoms with Crippen LogP contribution in [0.25, 0.3) is 0 Å². The first kappa shape index (κ1) is 12.8. The summed E-state index contributed by atoms with van der Waals surface area (Å²) in [6.45, 7) is 7.13. The summed E-state index contributed by atoms with van der Waals surface area (Å²) < 4.78 is 5.49. The van der Waals surface area contributed by atoms with Crippen molar-refractivity contribution in [2.24, 2.45) is 5.92 Å². The van der Waals surface area contributed by atoms with Crippen molar-refractivity contribution >= 4 is 5.91 Å². The van der Waals surface area contributed by atoms with E-state index in [1.165, 1.54) is 0 Å². The SMILES string of the molecule is CC1CCC(NC(=O)C2OCCC2C)C(C)N1. The molecule has 5 unspecified atom stereocenters. The van der Waals surface area contributed by atoms with Crippen LogP contribution in [0.1, 0.15) is 40.0 Å². The number of amides is 1. The molecule has 5 atom stereocenters. The van der Waals surface area contributed by atoms with E-state index in [4.69, 9.17) is 4.74 Å². The van der Waals surface area contributed by atoms with Crippen molar-refractivity contribution in [2.75, 3.05) is 6.61 Å². The van der Waals surface area contributed by atoms with E-state index in [9.17, 15) is 4.79 Å². The lowest BCUT2D eigenvalue weighted by atomic mass is 9.94. The summed E-state index contributed by atoms with van der Waals surface area (Å²) in [5.74, 6) is 0.420. The molecule has 0 aromatic rings. The number of carbonyl (C=O) groups excluding carboxylic acids is 1. The minimum atomic E-state index is -0.235. The fraction of sp³-hybridized carbons (Fsp3) is 0.923. The molecule has 2 N–H and O–H groups in total. The maximum atomic E-state index is 12.1. The van der Waals surface area contributed by atoms with Gasteiger partial charge < -0.3 is 15.4 Å². The lowest BCUT2D eigenvalue weighted by Gasteiger charge is -2.35. The zero-order chi connectivity index (χ0) is 12.4. The molecule has 0 bridgehead atoms. The highest BCUT2D eigenvalue weighted by Crippen LogP contribution is 2.21. The Bertz CT molecular complexity index is 283. The average molecular weight is 240 g/mol. The molecule has 2 fully saturated rings. The molecular weight excluding hydrogens is 216 g/mol. The summed E-state index contributed by atoms with van der Waals surface area (Å²) in [5, 5.41) is 6.62. The molecule has 2 rings (SSSR count). The first-order valence-corrected chi connectivity index (χ1v) is 6.76. The summed E-state index contributed by atoms with van der Waals surface area (Å²) in [7, 11) is 0. The Balaban J connectivity index is 1.86. The fourth-order valence-corrected chi connectivity index (χ4v) is 2.82. The number of carbonyl (C=O) groups is 1. The molecule has 0 aromatic carbocycles. The molecule has 2 saturated heterocycles. The smallest absolute Gasteiger partial charge is 0.249 e. The number of nitrogens with one attached hydrogen (secondary N) is 2. The monoisotopic (exact) mass is 240 g/mol. The number of ether oxygens (including phenoxy) is 1. The molecule has 4 heteroatoms. The van der Waals surface area contributed by atoms with E-state index in [0.717, 1.165) is 25.9 Å². The van der Waals surface area contributed by atoms with Crippen LogP contribution in [-0.2, 0) is 9.53 Å². The van der Waals surface area contributed by atoms with E-state index in [0.29, 0.717) is 18.0 Å². The summed E-state index contributed by atoms with van der Waals surface area (Å²) in [6.07, 6.45) is 2.94. The normalized spacial score (nSPS) is 42.4. The molecule has 2 heterocycles. The van der Waals surface area contributed by atoms with Gasteiger partial charge in [-0.05, 0) is 39.0 Å². The maximum Gasteiger partial charge on any atom is 0.249 e. The third kappa shape index (κ3) is 2.99. The second-order valence-electron chi connectivity index (χ2n) is 5.61. The van der Waals surface area contributed by atoms with E-state index >= 15 is 0 Å². The van der Waals surface area contributed by atoms with Gasteiger partial charge in [0.2, 0.25) is 5.91 Å². The van der Waals surface area contributed by atoms with Crippen molar-refractivity contribution < 1.29 is 9.53 Å². The summed E-state index contributed by atoms with van der Waals surface area (Å²) in [6, 6.07) is 1.15. The van der Waals surface area contributed by atoms with Crippen LogP contribution >= 0.6 is 0 Å². The lowest BCUT2D eigenvalue weighted by molar-refractivity contribution is -0.132. The van der Waals surface area contributed by atoms with Crippen molar-refractivity contribution in [3.05, 3.63) is 0 Å². The molecule has 17 heavy (non-hydrogen) atoms. The van der Waals surface area contributed by atoms with Crippen LogP contribution in [0, 0.1) is 5.92 Å². The van der Waals surface area contributed by atoms with Crippen LogP contribution in [0.5, 0.6) is 0 Å². The second kappa shape index (κ2) is 5.36. The van der Waals surface area contributed by atoms with Gasteiger partial charge in [-0.15, -0.1) is 0 Å². The van der Waals surface area contributed by atoms with Crippen molar-refractivity contribution in [3.63, 3.8) is 0 Å². The molecular formula is C13H24N2O2. The van der Waals surface area contributed by atoms with Crippen molar-refractivity contribution in [1.29, 1.82) is 0 Å². The van der Waals surface area contributed by atoms with Gasteiger partial charge >= 0.3 is 0 Å². The van der Waals surface area contributed by atoms with Crippen LogP contribution < -0.4 is 10.6 Å². The largest absolute Gasteiger partial charge is 0.368 e. The molecule has 0 radical (unpaired) electrons. The van der Waals surface area contributed by atoms with Crippen LogP contribution in [0.15, 0.2) is 0 Å². The van der Waals surface area contributed by atoms with E-state index < -0.39 is 0 Å². The number of piperidine rings is 1. The van der Waals surface area contributed by atoms with E-state index in [1.54, 1.807) is 0 Å². The van der Waals surface area contributed by atoms with E-state index in [-0.39, 0.29) is 18.1 Å². The molecule has 2 aliphatic rings. The molecule has 4 nitrogen and oxygen atoms in total. The predicted molar refractivity (Wildman–Crippen MR) is 66.7 cm³/mol.